The van der Waals surface area contributed by atoms with Crippen molar-refractivity contribution in [3.8, 4) is 0 Å². The maximum Gasteiger partial charge on any atom is 0.254 e. The van der Waals surface area contributed by atoms with Gasteiger partial charge in [-0.05, 0) is 81.7 Å². The Balaban J connectivity index is 0.00000300. The number of nitrogens with zero attached hydrogens (tertiary/aromatic N) is 1. The van der Waals surface area contributed by atoms with Gasteiger partial charge in [0.15, 0.2) is 0 Å². The number of carbonyl (C=O) groups is 2. The van der Waals surface area contributed by atoms with Crippen LogP contribution in [0, 0.1) is 12.3 Å². The summed E-state index contributed by atoms with van der Waals surface area (Å²) in [6.07, 6.45) is 9.47. The highest BCUT2D eigenvalue weighted by atomic mass is 35.5. The summed E-state index contributed by atoms with van der Waals surface area (Å²) in [7, 11) is 0. The molecular weight excluding hydrogens is 386 g/mol. The molecule has 2 amide bonds. The zero-order chi connectivity index (χ0) is 20.1. The molecule has 1 saturated heterocycles. The van der Waals surface area contributed by atoms with Crippen molar-refractivity contribution in [2.24, 2.45) is 11.1 Å². The Labute approximate surface area is 181 Å². The minimum atomic E-state index is -0.0451. The zero-order valence-electron chi connectivity index (χ0n) is 17.8. The Morgan fingerprint density at radius 3 is 2.52 bits per heavy atom. The fraction of sp³-hybridized carbons (Fsp3) is 0.652. The van der Waals surface area contributed by atoms with Crippen molar-refractivity contribution in [2.75, 3.05) is 18.4 Å². The van der Waals surface area contributed by atoms with Gasteiger partial charge in [-0.2, -0.15) is 0 Å². The van der Waals surface area contributed by atoms with E-state index in [0.29, 0.717) is 24.6 Å². The second kappa shape index (κ2) is 10.4. The highest BCUT2D eigenvalue weighted by molar-refractivity contribution is 5.97. The van der Waals surface area contributed by atoms with Gasteiger partial charge in [-0.1, -0.05) is 19.3 Å². The number of aryl methyl sites for hydroxylation is 1. The zero-order valence-corrected chi connectivity index (χ0v) is 18.7. The number of piperidine rings is 1. The lowest BCUT2D eigenvalue weighted by molar-refractivity contribution is -0.118. The normalized spacial score (nSPS) is 21.2. The van der Waals surface area contributed by atoms with E-state index >= 15 is 0 Å². The second-order valence-electron chi connectivity index (χ2n) is 8.86. The molecule has 1 atom stereocenters. The lowest BCUT2D eigenvalue weighted by Gasteiger charge is -2.35. The quantitative estimate of drug-likeness (QED) is 0.725. The summed E-state index contributed by atoms with van der Waals surface area (Å²) in [6, 6.07) is 5.90. The first-order valence-corrected chi connectivity index (χ1v) is 10.9. The lowest BCUT2D eigenvalue weighted by Crippen LogP contribution is -2.42. The van der Waals surface area contributed by atoms with Gasteiger partial charge in [0, 0.05) is 30.3 Å². The van der Waals surface area contributed by atoms with Gasteiger partial charge in [0.2, 0.25) is 5.91 Å². The topological polar surface area (TPSA) is 75.4 Å². The summed E-state index contributed by atoms with van der Waals surface area (Å²) >= 11 is 0. The van der Waals surface area contributed by atoms with Gasteiger partial charge in [-0.25, -0.2) is 0 Å². The fourth-order valence-electron chi connectivity index (χ4n) is 4.79. The van der Waals surface area contributed by atoms with Crippen molar-refractivity contribution < 1.29 is 9.59 Å². The fourth-order valence-corrected chi connectivity index (χ4v) is 4.79. The standard InChI is InChI=1S/C23H35N3O2.ClH/c1-17-14-19(22(28)26-13-7-4-8-18(26)2)9-10-20(17)25-21(27)15-23(16-24)11-5-3-6-12-23;/h9-10,14,18H,3-8,11-13,15-16,24H2,1-2H3,(H,25,27);1H. The van der Waals surface area contributed by atoms with Crippen LogP contribution in [0.2, 0.25) is 0 Å². The third kappa shape index (κ3) is 5.73. The van der Waals surface area contributed by atoms with Gasteiger partial charge in [0.25, 0.3) is 5.91 Å². The number of benzene rings is 1. The molecule has 2 fully saturated rings. The number of anilines is 1. The number of nitrogens with one attached hydrogen (secondary N) is 1. The Morgan fingerprint density at radius 1 is 1.17 bits per heavy atom. The van der Waals surface area contributed by atoms with E-state index in [1.807, 2.05) is 30.0 Å². The maximum atomic E-state index is 12.9. The van der Waals surface area contributed by atoms with Crippen LogP contribution in [0.25, 0.3) is 0 Å². The van der Waals surface area contributed by atoms with E-state index in [9.17, 15) is 9.59 Å². The van der Waals surface area contributed by atoms with Crippen molar-refractivity contribution >= 4 is 29.9 Å². The molecule has 162 valence electrons. The van der Waals surface area contributed by atoms with Crippen LogP contribution in [0.4, 0.5) is 5.69 Å². The minimum Gasteiger partial charge on any atom is -0.336 e. The van der Waals surface area contributed by atoms with Gasteiger partial charge in [0.05, 0.1) is 0 Å². The van der Waals surface area contributed by atoms with E-state index < -0.39 is 0 Å². The van der Waals surface area contributed by atoms with Crippen molar-refractivity contribution in [3.05, 3.63) is 29.3 Å². The van der Waals surface area contributed by atoms with Crippen LogP contribution in [0.15, 0.2) is 18.2 Å². The molecule has 1 aliphatic carbocycles. The second-order valence-corrected chi connectivity index (χ2v) is 8.86. The number of rotatable bonds is 5. The Morgan fingerprint density at radius 2 is 1.90 bits per heavy atom. The summed E-state index contributed by atoms with van der Waals surface area (Å²) in [5.74, 6) is 0.122. The van der Waals surface area contributed by atoms with Crippen molar-refractivity contribution in [1.82, 2.24) is 4.90 Å². The first-order chi connectivity index (χ1) is 13.4. The van der Waals surface area contributed by atoms with Crippen LogP contribution >= 0.6 is 12.4 Å². The average Bonchev–Trinajstić information content (AvgIpc) is 2.70. The van der Waals surface area contributed by atoms with Crippen LogP contribution in [0.5, 0.6) is 0 Å². The smallest absolute Gasteiger partial charge is 0.254 e. The highest BCUT2D eigenvalue weighted by Crippen LogP contribution is 2.38. The molecule has 1 heterocycles. The molecule has 1 aromatic carbocycles. The largest absolute Gasteiger partial charge is 0.336 e. The summed E-state index contributed by atoms with van der Waals surface area (Å²) in [4.78, 5) is 27.5. The van der Waals surface area contributed by atoms with Crippen LogP contribution in [0.1, 0.15) is 80.6 Å². The Bertz CT molecular complexity index is 716. The van der Waals surface area contributed by atoms with Gasteiger partial charge >= 0.3 is 0 Å². The molecule has 0 bridgehead atoms. The molecule has 1 unspecified atom stereocenters. The minimum absolute atomic E-state index is 0. The number of likely N-dealkylation sites (tertiary alicyclic amines) is 1. The summed E-state index contributed by atoms with van der Waals surface area (Å²) in [5, 5.41) is 3.05. The summed E-state index contributed by atoms with van der Waals surface area (Å²) in [5.41, 5.74) is 8.39. The predicted molar refractivity (Wildman–Crippen MR) is 121 cm³/mol. The molecule has 3 N–H and O–H groups in total. The average molecular weight is 422 g/mol. The first kappa shape index (κ1) is 23.7. The van der Waals surface area contributed by atoms with Gasteiger partial charge in [-0.3, -0.25) is 9.59 Å². The van der Waals surface area contributed by atoms with Crippen molar-refractivity contribution in [2.45, 2.75) is 77.7 Å². The number of carbonyl (C=O) groups excluding carboxylic acids is 2. The Kier molecular flexibility index (Phi) is 8.53. The van der Waals surface area contributed by atoms with E-state index in [1.165, 1.54) is 12.8 Å². The SMILES string of the molecule is Cc1cc(C(=O)N2CCCCC2C)ccc1NC(=O)CC1(CN)CCCCC1.Cl. The molecule has 2 aliphatic rings. The van der Waals surface area contributed by atoms with Crippen LogP contribution in [-0.4, -0.2) is 35.8 Å². The van der Waals surface area contributed by atoms with E-state index in [1.54, 1.807) is 0 Å². The molecular formula is C23H36ClN3O2. The molecule has 0 aromatic heterocycles. The van der Waals surface area contributed by atoms with E-state index in [2.05, 4.69) is 12.2 Å². The predicted octanol–water partition coefficient (Wildman–Crippen LogP) is 4.67. The molecule has 0 spiro atoms. The molecule has 1 saturated carbocycles. The molecule has 0 radical (unpaired) electrons. The molecule has 5 nitrogen and oxygen atoms in total. The summed E-state index contributed by atoms with van der Waals surface area (Å²) in [6.45, 7) is 5.47. The number of halogens is 1. The molecule has 6 heteroatoms. The van der Waals surface area contributed by atoms with Crippen LogP contribution < -0.4 is 11.1 Å². The van der Waals surface area contributed by atoms with Gasteiger partial charge in [0.1, 0.15) is 0 Å². The summed E-state index contributed by atoms with van der Waals surface area (Å²) < 4.78 is 0. The first-order valence-electron chi connectivity index (χ1n) is 10.9. The van der Waals surface area contributed by atoms with Crippen LogP contribution in [0.3, 0.4) is 0 Å². The van der Waals surface area contributed by atoms with Gasteiger partial charge in [-0.15, -0.1) is 12.4 Å². The molecule has 29 heavy (non-hydrogen) atoms. The third-order valence-electron chi connectivity index (χ3n) is 6.69. The molecule has 1 aliphatic heterocycles. The van der Waals surface area contributed by atoms with E-state index in [4.69, 9.17) is 5.73 Å². The lowest BCUT2D eigenvalue weighted by atomic mass is 9.71. The molecule has 3 rings (SSSR count). The Hall–Kier alpha value is -1.59. The maximum absolute atomic E-state index is 12.9. The number of amides is 2. The van der Waals surface area contributed by atoms with Crippen LogP contribution in [-0.2, 0) is 4.79 Å². The van der Waals surface area contributed by atoms with Gasteiger partial charge < -0.3 is 16.0 Å². The van der Waals surface area contributed by atoms with E-state index in [0.717, 1.165) is 56.3 Å². The van der Waals surface area contributed by atoms with Crippen molar-refractivity contribution in [3.63, 3.8) is 0 Å². The number of hydrogen-bond acceptors (Lipinski definition) is 3. The third-order valence-corrected chi connectivity index (χ3v) is 6.69. The number of hydrogen-bond donors (Lipinski definition) is 2. The monoisotopic (exact) mass is 421 g/mol. The van der Waals surface area contributed by atoms with Crippen molar-refractivity contribution in [1.29, 1.82) is 0 Å². The highest BCUT2D eigenvalue weighted by Gasteiger charge is 2.33. The molecule has 1 aromatic rings. The van der Waals surface area contributed by atoms with E-state index in [-0.39, 0.29) is 29.6 Å². The number of nitrogens with two attached hydrogens (primary N) is 1.